The second kappa shape index (κ2) is 4.47. The van der Waals surface area contributed by atoms with Crippen LogP contribution in [0.2, 0.25) is 0 Å². The molecule has 0 spiro atoms. The van der Waals surface area contributed by atoms with Crippen molar-refractivity contribution < 1.29 is 0 Å². The van der Waals surface area contributed by atoms with Crippen LogP contribution in [0.1, 0.15) is 36.8 Å². The summed E-state index contributed by atoms with van der Waals surface area (Å²) in [4.78, 5) is 4.62. The Balaban J connectivity index is 1.62. The standard InChI is InChI=1S/C18H22N2/c1-11-5-15-9-16(10-19-17(15)6-12(11)2)20-18-8-13-3-4-14(18)7-13/h5-6,9-10,13-14,18,20H,3-4,7-8H2,1-2H3. The summed E-state index contributed by atoms with van der Waals surface area (Å²) in [5.41, 5.74) is 4.96. The van der Waals surface area contributed by atoms with Gasteiger partial charge in [-0.2, -0.15) is 0 Å². The van der Waals surface area contributed by atoms with Gasteiger partial charge in [0.1, 0.15) is 0 Å². The molecule has 2 aromatic rings. The van der Waals surface area contributed by atoms with Gasteiger partial charge >= 0.3 is 0 Å². The minimum absolute atomic E-state index is 0.680. The molecule has 2 bridgehead atoms. The molecule has 0 aliphatic heterocycles. The molecule has 0 radical (unpaired) electrons. The molecule has 2 aliphatic carbocycles. The van der Waals surface area contributed by atoms with Gasteiger partial charge < -0.3 is 5.32 Å². The third kappa shape index (κ3) is 1.98. The summed E-state index contributed by atoms with van der Waals surface area (Å²) in [5, 5.41) is 4.99. The second-order valence-corrected chi connectivity index (χ2v) is 6.78. The molecule has 1 heterocycles. The van der Waals surface area contributed by atoms with Crippen molar-refractivity contribution in [2.45, 2.75) is 45.6 Å². The van der Waals surface area contributed by atoms with Gasteiger partial charge in [-0.15, -0.1) is 0 Å². The number of aryl methyl sites for hydroxylation is 2. The van der Waals surface area contributed by atoms with Crippen LogP contribution in [0, 0.1) is 25.7 Å². The number of hydrogen-bond acceptors (Lipinski definition) is 2. The Morgan fingerprint density at radius 2 is 1.90 bits per heavy atom. The molecule has 0 saturated heterocycles. The molecule has 2 saturated carbocycles. The Hall–Kier alpha value is -1.57. The molecule has 2 aliphatic rings. The molecular weight excluding hydrogens is 244 g/mol. The van der Waals surface area contributed by atoms with Crippen molar-refractivity contribution in [2.24, 2.45) is 11.8 Å². The minimum Gasteiger partial charge on any atom is -0.381 e. The first-order valence-corrected chi connectivity index (χ1v) is 7.82. The van der Waals surface area contributed by atoms with E-state index in [0.29, 0.717) is 6.04 Å². The van der Waals surface area contributed by atoms with Crippen molar-refractivity contribution >= 4 is 16.6 Å². The lowest BCUT2D eigenvalue weighted by atomic mass is 9.95. The highest BCUT2D eigenvalue weighted by molar-refractivity contribution is 5.83. The minimum atomic E-state index is 0.680. The van der Waals surface area contributed by atoms with Crippen molar-refractivity contribution in [1.29, 1.82) is 0 Å². The highest BCUT2D eigenvalue weighted by Gasteiger charge is 2.39. The van der Waals surface area contributed by atoms with Crippen molar-refractivity contribution in [3.8, 4) is 0 Å². The van der Waals surface area contributed by atoms with Gasteiger partial charge in [-0.25, -0.2) is 0 Å². The van der Waals surface area contributed by atoms with E-state index in [0.717, 1.165) is 17.4 Å². The van der Waals surface area contributed by atoms with Crippen LogP contribution in [0.3, 0.4) is 0 Å². The largest absolute Gasteiger partial charge is 0.381 e. The van der Waals surface area contributed by atoms with Crippen LogP contribution in [0.25, 0.3) is 10.9 Å². The van der Waals surface area contributed by atoms with Crippen LogP contribution in [0.15, 0.2) is 24.4 Å². The average molecular weight is 266 g/mol. The predicted octanol–water partition coefficient (Wildman–Crippen LogP) is 4.45. The Morgan fingerprint density at radius 1 is 1.05 bits per heavy atom. The summed E-state index contributed by atoms with van der Waals surface area (Å²) in [6, 6.07) is 7.38. The average Bonchev–Trinajstić information content (AvgIpc) is 3.03. The molecule has 20 heavy (non-hydrogen) atoms. The molecule has 1 N–H and O–H groups in total. The van der Waals surface area contributed by atoms with Crippen LogP contribution in [-0.2, 0) is 0 Å². The van der Waals surface area contributed by atoms with Gasteiger partial charge in [-0.1, -0.05) is 6.42 Å². The molecule has 1 aromatic carbocycles. The zero-order valence-corrected chi connectivity index (χ0v) is 12.3. The molecular formula is C18H22N2. The van der Waals surface area contributed by atoms with Crippen LogP contribution in [-0.4, -0.2) is 11.0 Å². The SMILES string of the molecule is Cc1cc2cc(NC3CC4CCC3C4)cnc2cc1C. The number of fused-ring (bicyclic) bond motifs is 3. The van der Waals surface area contributed by atoms with Crippen molar-refractivity contribution in [3.63, 3.8) is 0 Å². The van der Waals surface area contributed by atoms with E-state index in [4.69, 9.17) is 0 Å². The highest BCUT2D eigenvalue weighted by Crippen LogP contribution is 2.45. The van der Waals surface area contributed by atoms with E-state index in [2.05, 4.69) is 42.3 Å². The quantitative estimate of drug-likeness (QED) is 0.868. The maximum atomic E-state index is 4.62. The second-order valence-electron chi connectivity index (χ2n) is 6.78. The van der Waals surface area contributed by atoms with E-state index in [9.17, 15) is 0 Å². The van der Waals surface area contributed by atoms with Gasteiger partial charge in [0.25, 0.3) is 0 Å². The fraction of sp³-hybridized carbons (Fsp3) is 0.500. The van der Waals surface area contributed by atoms with Crippen LogP contribution >= 0.6 is 0 Å². The number of anilines is 1. The summed E-state index contributed by atoms with van der Waals surface area (Å²) in [6.07, 6.45) is 7.68. The molecule has 1 aromatic heterocycles. The third-order valence-electron chi connectivity index (χ3n) is 5.39. The van der Waals surface area contributed by atoms with Gasteiger partial charge in [-0.05, 0) is 74.3 Å². The highest BCUT2D eigenvalue weighted by atomic mass is 15.0. The Bertz CT molecular complexity index is 662. The van der Waals surface area contributed by atoms with Crippen molar-refractivity contribution in [1.82, 2.24) is 4.98 Å². The van der Waals surface area contributed by atoms with E-state index in [1.807, 2.05) is 6.20 Å². The van der Waals surface area contributed by atoms with Gasteiger partial charge in [-0.3, -0.25) is 4.98 Å². The third-order valence-corrected chi connectivity index (χ3v) is 5.39. The lowest BCUT2D eigenvalue weighted by molar-refractivity contribution is 0.440. The van der Waals surface area contributed by atoms with Crippen molar-refractivity contribution in [3.05, 3.63) is 35.5 Å². The number of hydrogen-bond donors (Lipinski definition) is 1. The van der Waals surface area contributed by atoms with Crippen molar-refractivity contribution in [2.75, 3.05) is 5.32 Å². The monoisotopic (exact) mass is 266 g/mol. The zero-order chi connectivity index (χ0) is 13.7. The molecule has 104 valence electrons. The topological polar surface area (TPSA) is 24.9 Å². The summed E-state index contributed by atoms with van der Waals surface area (Å²) in [5.74, 6) is 1.88. The number of pyridine rings is 1. The van der Waals surface area contributed by atoms with E-state index >= 15 is 0 Å². The van der Waals surface area contributed by atoms with Gasteiger partial charge in [0.05, 0.1) is 17.4 Å². The number of benzene rings is 1. The molecule has 2 fully saturated rings. The summed E-state index contributed by atoms with van der Waals surface area (Å²) >= 11 is 0. The van der Waals surface area contributed by atoms with Gasteiger partial charge in [0, 0.05) is 11.4 Å². The molecule has 4 rings (SSSR count). The van der Waals surface area contributed by atoms with Crippen LogP contribution in [0.5, 0.6) is 0 Å². The normalized spacial score (nSPS) is 28.2. The molecule has 0 amide bonds. The zero-order valence-electron chi connectivity index (χ0n) is 12.3. The number of nitrogens with zero attached hydrogens (tertiary/aromatic N) is 1. The summed E-state index contributed by atoms with van der Waals surface area (Å²) < 4.78 is 0. The summed E-state index contributed by atoms with van der Waals surface area (Å²) in [6.45, 7) is 4.32. The first kappa shape index (κ1) is 12.2. The Morgan fingerprint density at radius 3 is 2.65 bits per heavy atom. The lowest BCUT2D eigenvalue weighted by Gasteiger charge is -2.24. The first-order valence-electron chi connectivity index (χ1n) is 7.82. The molecule has 2 nitrogen and oxygen atoms in total. The van der Waals surface area contributed by atoms with E-state index < -0.39 is 0 Å². The fourth-order valence-corrected chi connectivity index (χ4v) is 4.11. The maximum absolute atomic E-state index is 4.62. The summed E-state index contributed by atoms with van der Waals surface area (Å²) in [7, 11) is 0. The van der Waals surface area contributed by atoms with E-state index in [1.165, 1.54) is 47.9 Å². The van der Waals surface area contributed by atoms with Crippen LogP contribution in [0.4, 0.5) is 5.69 Å². The Labute approximate surface area is 120 Å². The number of aromatic nitrogens is 1. The van der Waals surface area contributed by atoms with Crippen LogP contribution < -0.4 is 5.32 Å². The predicted molar refractivity (Wildman–Crippen MR) is 84.1 cm³/mol. The molecule has 3 atom stereocenters. The smallest absolute Gasteiger partial charge is 0.0706 e. The Kier molecular flexibility index (Phi) is 2.73. The fourth-order valence-electron chi connectivity index (χ4n) is 4.11. The maximum Gasteiger partial charge on any atom is 0.0706 e. The number of rotatable bonds is 2. The molecule has 2 heteroatoms. The van der Waals surface area contributed by atoms with E-state index in [-0.39, 0.29) is 0 Å². The van der Waals surface area contributed by atoms with Gasteiger partial charge in [0.2, 0.25) is 0 Å². The first-order chi connectivity index (χ1) is 9.69. The van der Waals surface area contributed by atoms with E-state index in [1.54, 1.807) is 0 Å². The lowest BCUT2D eigenvalue weighted by Crippen LogP contribution is -2.25. The number of nitrogens with one attached hydrogen (secondary N) is 1. The van der Waals surface area contributed by atoms with Gasteiger partial charge in [0.15, 0.2) is 0 Å². The molecule has 3 unspecified atom stereocenters.